The van der Waals surface area contributed by atoms with Crippen molar-refractivity contribution in [1.29, 1.82) is 0 Å². The van der Waals surface area contributed by atoms with Gasteiger partial charge in [0.25, 0.3) is 0 Å². The first kappa shape index (κ1) is 22.4. The predicted molar refractivity (Wildman–Crippen MR) is 130 cm³/mol. The van der Waals surface area contributed by atoms with Crippen molar-refractivity contribution in [3.8, 4) is 0 Å². The van der Waals surface area contributed by atoms with E-state index in [1.54, 1.807) is 11.0 Å². The van der Waals surface area contributed by atoms with Gasteiger partial charge in [0.2, 0.25) is 5.91 Å². The lowest BCUT2D eigenvalue weighted by Crippen LogP contribution is -2.46. The first-order chi connectivity index (χ1) is 16.3. The minimum atomic E-state index is -0.671. The van der Waals surface area contributed by atoms with E-state index in [4.69, 9.17) is 5.73 Å². The summed E-state index contributed by atoms with van der Waals surface area (Å²) in [6.07, 6.45) is 6.52. The van der Waals surface area contributed by atoms with Gasteiger partial charge in [-0.15, -0.1) is 0 Å². The zero-order valence-corrected chi connectivity index (χ0v) is 19.7. The number of carbonyl (C=O) groups is 3. The molecular formula is C26H31N5O3. The number of nitrogens with two attached hydrogens (primary N) is 1. The number of carbonyl (C=O) groups excluding carboxylic acids is 3. The van der Waals surface area contributed by atoms with Gasteiger partial charge in [-0.1, -0.05) is 26.0 Å². The van der Waals surface area contributed by atoms with Crippen LogP contribution in [0.4, 0.5) is 17.2 Å². The first-order valence-electron chi connectivity index (χ1n) is 12.1. The van der Waals surface area contributed by atoms with Crippen LogP contribution in [0.5, 0.6) is 0 Å². The Morgan fingerprint density at radius 3 is 2.79 bits per heavy atom. The maximum atomic E-state index is 13.3. The number of rotatable bonds is 3. The molecule has 1 aromatic carbocycles. The highest BCUT2D eigenvalue weighted by Gasteiger charge is 2.52. The van der Waals surface area contributed by atoms with Gasteiger partial charge in [0.15, 0.2) is 0 Å². The van der Waals surface area contributed by atoms with Crippen molar-refractivity contribution in [1.82, 2.24) is 9.88 Å². The number of pyridine rings is 1. The molecule has 34 heavy (non-hydrogen) atoms. The van der Waals surface area contributed by atoms with Gasteiger partial charge in [-0.3, -0.25) is 14.4 Å². The first-order valence-corrected chi connectivity index (χ1v) is 12.1. The summed E-state index contributed by atoms with van der Waals surface area (Å²) in [5.74, 6) is -0.361. The lowest BCUT2D eigenvalue weighted by atomic mass is 9.85. The largest absolute Gasteiger partial charge is 0.383 e. The van der Waals surface area contributed by atoms with Crippen molar-refractivity contribution < 1.29 is 14.4 Å². The van der Waals surface area contributed by atoms with Crippen LogP contribution < -0.4 is 16.4 Å². The Labute approximate surface area is 199 Å². The van der Waals surface area contributed by atoms with E-state index in [9.17, 15) is 14.4 Å². The number of amides is 3. The van der Waals surface area contributed by atoms with Gasteiger partial charge in [0.05, 0.1) is 23.3 Å². The molecule has 2 aliphatic heterocycles. The summed E-state index contributed by atoms with van der Waals surface area (Å²) in [5.41, 5.74) is 9.89. The molecule has 2 atom stereocenters. The summed E-state index contributed by atoms with van der Waals surface area (Å²) in [6, 6.07) is 7.61. The summed E-state index contributed by atoms with van der Waals surface area (Å²) < 4.78 is 0. The van der Waals surface area contributed by atoms with Gasteiger partial charge in [-0.2, -0.15) is 0 Å². The molecule has 1 aromatic heterocycles. The van der Waals surface area contributed by atoms with E-state index in [1.807, 2.05) is 19.1 Å². The third-order valence-electron chi connectivity index (χ3n) is 7.54. The van der Waals surface area contributed by atoms with Gasteiger partial charge < -0.3 is 21.3 Å². The molecule has 1 saturated carbocycles. The Morgan fingerprint density at radius 1 is 1.26 bits per heavy atom. The Morgan fingerprint density at radius 2 is 2.06 bits per heavy atom. The molecule has 1 aliphatic carbocycles. The number of piperidine rings is 1. The molecule has 3 heterocycles. The Hall–Kier alpha value is -3.42. The standard InChI is InChI=1S/C26H31N5O3/c1-3-16-11-19(13-28-22(16)27)29-23(32)24(33)31-14-15(2)4-7-21(31)17-5-6-20-18(10-17)12-26(8-9-26)25(34)30-20/h5-6,10-11,13,15,21H,3-4,7-9,12,14H2,1-2H3,(H2,27,28)(H,29,32)(H,30,34)/t15-,21?/m0/s1. The normalized spacial score (nSPS) is 22.6. The van der Waals surface area contributed by atoms with Crippen LogP contribution in [0.1, 0.15) is 62.3 Å². The Bertz CT molecular complexity index is 1170. The number of aromatic nitrogens is 1. The van der Waals surface area contributed by atoms with Crippen molar-refractivity contribution in [3.63, 3.8) is 0 Å². The molecule has 3 amide bonds. The van der Waals surface area contributed by atoms with Crippen LogP contribution in [0.15, 0.2) is 30.5 Å². The summed E-state index contributed by atoms with van der Waals surface area (Å²) in [5, 5.41) is 5.75. The lowest BCUT2D eigenvalue weighted by Gasteiger charge is -2.39. The van der Waals surface area contributed by atoms with Gasteiger partial charge in [-0.05, 0) is 73.3 Å². The second-order valence-corrected chi connectivity index (χ2v) is 10.1. The lowest BCUT2D eigenvalue weighted by molar-refractivity contribution is -0.146. The van der Waals surface area contributed by atoms with Crippen LogP contribution in [-0.4, -0.2) is 34.2 Å². The number of fused-ring (bicyclic) bond motifs is 1. The van der Waals surface area contributed by atoms with Crippen LogP contribution in [0, 0.1) is 11.3 Å². The van der Waals surface area contributed by atoms with E-state index < -0.39 is 11.8 Å². The highest BCUT2D eigenvalue weighted by atomic mass is 16.2. The predicted octanol–water partition coefficient (Wildman–Crippen LogP) is 3.44. The number of nitrogen functional groups attached to an aromatic ring is 1. The monoisotopic (exact) mass is 461 g/mol. The number of benzene rings is 1. The van der Waals surface area contributed by atoms with Crippen LogP contribution in [0.25, 0.3) is 0 Å². The number of nitrogens with zero attached hydrogens (tertiary/aromatic N) is 2. The molecule has 8 nitrogen and oxygen atoms in total. The van der Waals surface area contributed by atoms with Gasteiger partial charge in [0.1, 0.15) is 5.82 Å². The van der Waals surface area contributed by atoms with Crippen LogP contribution >= 0.6 is 0 Å². The number of hydrogen-bond donors (Lipinski definition) is 3. The fourth-order valence-electron chi connectivity index (χ4n) is 5.25. The summed E-state index contributed by atoms with van der Waals surface area (Å²) in [7, 11) is 0. The molecule has 8 heteroatoms. The highest BCUT2D eigenvalue weighted by molar-refractivity contribution is 6.39. The average Bonchev–Trinajstić information content (AvgIpc) is 3.60. The second kappa shape index (κ2) is 8.42. The van der Waals surface area contributed by atoms with Crippen molar-refractivity contribution in [2.24, 2.45) is 11.3 Å². The third-order valence-corrected chi connectivity index (χ3v) is 7.54. The van der Waals surface area contributed by atoms with Gasteiger partial charge >= 0.3 is 11.8 Å². The fraction of sp³-hybridized carbons (Fsp3) is 0.462. The van der Waals surface area contributed by atoms with E-state index in [0.29, 0.717) is 30.4 Å². The van der Waals surface area contributed by atoms with Gasteiger partial charge in [-0.25, -0.2) is 4.98 Å². The van der Waals surface area contributed by atoms with Crippen molar-refractivity contribution in [3.05, 3.63) is 47.2 Å². The molecule has 2 fully saturated rings. The summed E-state index contributed by atoms with van der Waals surface area (Å²) in [6.45, 7) is 4.58. The van der Waals surface area contributed by atoms with Crippen molar-refractivity contribution >= 4 is 34.9 Å². The van der Waals surface area contributed by atoms with E-state index in [0.717, 1.165) is 54.5 Å². The molecule has 4 N–H and O–H groups in total. The third kappa shape index (κ3) is 4.02. The SMILES string of the molecule is CCc1cc(NC(=O)C(=O)N2C[C@@H](C)CCC2c2ccc3c(c2)CC2(CC2)C(=O)N3)cnc1N. The van der Waals surface area contributed by atoms with Gasteiger partial charge in [0, 0.05) is 12.2 Å². The molecular weight excluding hydrogens is 430 g/mol. The molecule has 2 aromatic rings. The zero-order chi connectivity index (χ0) is 24.0. The molecule has 3 aliphatic rings. The maximum Gasteiger partial charge on any atom is 0.313 e. The van der Waals surface area contributed by atoms with E-state index >= 15 is 0 Å². The maximum absolute atomic E-state index is 13.3. The molecule has 5 rings (SSSR count). The summed E-state index contributed by atoms with van der Waals surface area (Å²) in [4.78, 5) is 44.4. The molecule has 1 saturated heterocycles. The van der Waals surface area contributed by atoms with E-state index in [2.05, 4.69) is 28.6 Å². The molecule has 0 bridgehead atoms. The number of anilines is 3. The number of likely N-dealkylation sites (tertiary alicyclic amines) is 1. The second-order valence-electron chi connectivity index (χ2n) is 10.1. The van der Waals surface area contributed by atoms with Crippen LogP contribution in [0.2, 0.25) is 0 Å². The fourth-order valence-corrected chi connectivity index (χ4v) is 5.25. The minimum absolute atomic E-state index is 0.121. The number of aryl methyl sites for hydroxylation is 1. The molecule has 178 valence electrons. The number of hydrogen-bond acceptors (Lipinski definition) is 5. The molecule has 0 radical (unpaired) electrons. The van der Waals surface area contributed by atoms with E-state index in [1.165, 1.54) is 6.20 Å². The van der Waals surface area contributed by atoms with E-state index in [-0.39, 0.29) is 17.4 Å². The molecule has 1 spiro atoms. The van der Waals surface area contributed by atoms with Crippen LogP contribution in [0.3, 0.4) is 0 Å². The summed E-state index contributed by atoms with van der Waals surface area (Å²) >= 11 is 0. The van der Waals surface area contributed by atoms with Crippen molar-refractivity contribution in [2.75, 3.05) is 22.9 Å². The van der Waals surface area contributed by atoms with Crippen molar-refractivity contribution in [2.45, 2.75) is 58.4 Å². The average molecular weight is 462 g/mol. The Balaban J connectivity index is 1.37. The minimum Gasteiger partial charge on any atom is -0.383 e. The number of nitrogens with one attached hydrogen (secondary N) is 2. The smallest absolute Gasteiger partial charge is 0.313 e. The topological polar surface area (TPSA) is 117 Å². The zero-order valence-electron chi connectivity index (χ0n) is 19.7. The highest BCUT2D eigenvalue weighted by Crippen LogP contribution is 2.52. The van der Waals surface area contributed by atoms with Crippen LogP contribution in [-0.2, 0) is 27.2 Å². The molecule has 1 unspecified atom stereocenters. The Kier molecular flexibility index (Phi) is 5.54. The quantitative estimate of drug-likeness (QED) is 0.605.